The van der Waals surface area contributed by atoms with Crippen LogP contribution in [0.15, 0.2) is 60.7 Å². The van der Waals surface area contributed by atoms with Gasteiger partial charge in [-0.15, -0.1) is 0 Å². The Morgan fingerprint density at radius 3 is 1.23 bits per heavy atom. The van der Waals surface area contributed by atoms with Gasteiger partial charge in [-0.05, 0) is 51.0 Å². The number of carbonyl (C=O) groups excluding carboxylic acids is 2. The summed E-state index contributed by atoms with van der Waals surface area (Å²) >= 11 is 0. The summed E-state index contributed by atoms with van der Waals surface area (Å²) in [6, 6.07) is 15.5. The highest BCUT2D eigenvalue weighted by Crippen LogP contribution is 2.60. The van der Waals surface area contributed by atoms with Crippen molar-refractivity contribution in [2.45, 2.75) is 152 Å². The van der Waals surface area contributed by atoms with Crippen molar-refractivity contribution in [3.05, 3.63) is 94.0 Å². The molecule has 22 nitrogen and oxygen atoms in total. The summed E-state index contributed by atoms with van der Waals surface area (Å²) in [6.45, 7) is 6.24. The minimum atomic E-state index is -2.08. The lowest BCUT2D eigenvalue weighted by molar-refractivity contribution is -0.250. The first-order valence-corrected chi connectivity index (χ1v) is 27.7. The summed E-state index contributed by atoms with van der Waals surface area (Å²) in [6.07, 6.45) is -9.97. The van der Waals surface area contributed by atoms with E-state index in [0.717, 1.165) is 11.1 Å². The number of aliphatic hydroxyl groups is 4. The van der Waals surface area contributed by atoms with E-state index in [0.29, 0.717) is 0 Å². The van der Waals surface area contributed by atoms with E-state index in [1.54, 1.807) is 38.1 Å². The van der Waals surface area contributed by atoms with Crippen molar-refractivity contribution in [1.82, 2.24) is 10.6 Å². The van der Waals surface area contributed by atoms with Gasteiger partial charge in [-0.3, -0.25) is 9.59 Å². The lowest BCUT2D eigenvalue weighted by Crippen LogP contribution is -2.54. The molecule has 84 heavy (non-hydrogen) atoms. The lowest BCUT2D eigenvalue weighted by atomic mass is 9.74. The Kier molecular flexibility index (Phi) is 15.2. The third-order valence-electron chi connectivity index (χ3n) is 17.7. The molecular formula is C62H68N2O20. The fourth-order valence-electron chi connectivity index (χ4n) is 13.0. The fraction of sp³-hybridized carbons (Fsp3) is 0.419. The second-order valence-corrected chi connectivity index (χ2v) is 22.8. The van der Waals surface area contributed by atoms with Crippen molar-refractivity contribution < 1.29 is 99.3 Å². The van der Waals surface area contributed by atoms with Crippen molar-refractivity contribution in [2.75, 3.05) is 14.2 Å². The van der Waals surface area contributed by atoms with Gasteiger partial charge in [-0.1, -0.05) is 48.5 Å². The van der Waals surface area contributed by atoms with Gasteiger partial charge in [0, 0.05) is 96.7 Å². The molecule has 14 N–H and O–H groups in total. The number of benzene rings is 7. The van der Waals surface area contributed by atoms with Crippen LogP contribution in [0.3, 0.4) is 0 Å². The Balaban J connectivity index is 0.777. The SMILES string of the molecule is COc1cccc2c(O)c3c(O)c4c(c(O)c3c(O)c12)[C@@H](O[C@H]1C[C@H](NCc2ccc(CN[C@H]3C[C@H](O[C@H]5C[C@](O)(C(C)=O)Cc6c5c(O)c5c(O)c7c(OC)cccc7c(O)c5c6O)O[C@@H](C)[C@H]3O)cc2)[C@H](O)[C@H](C)O1)C[C@](O)(C(C)=O)C4. The number of phenolic OH excluding ortho intramolecular Hbond substituents is 8. The van der Waals surface area contributed by atoms with E-state index in [1.165, 1.54) is 40.2 Å². The number of aliphatic hydroxyl groups excluding tert-OH is 2. The first kappa shape index (κ1) is 58.3. The second-order valence-electron chi connectivity index (χ2n) is 22.8. The number of Topliss-reactive ketones (excluding diaryl/α,β-unsaturated/α-hetero) is 2. The molecule has 2 aliphatic heterocycles. The number of rotatable bonds is 14. The maximum Gasteiger partial charge on any atom is 0.161 e. The molecule has 0 aromatic heterocycles. The number of ether oxygens (including phenoxy) is 6. The molecule has 0 radical (unpaired) electrons. The quantitative estimate of drug-likeness (QED) is 0.0444. The lowest BCUT2D eigenvalue weighted by Gasteiger charge is -2.42. The number of methoxy groups -OCH3 is 2. The Labute approximate surface area is 480 Å². The summed E-state index contributed by atoms with van der Waals surface area (Å²) in [5.41, 5.74) is -2.70. The van der Waals surface area contributed by atoms with E-state index < -0.39 is 143 Å². The normalized spacial score (nSPS) is 27.9. The van der Waals surface area contributed by atoms with Crippen LogP contribution < -0.4 is 20.1 Å². The van der Waals surface area contributed by atoms with Crippen LogP contribution in [-0.4, -0.2) is 147 Å². The van der Waals surface area contributed by atoms with Gasteiger partial charge in [0.2, 0.25) is 0 Å². The highest BCUT2D eigenvalue weighted by atomic mass is 16.7. The standard InChI is InChI=1S/C62H68N2O20/c1-25-51(67)35(17-41(81-25)83-39-21-61(77,27(3)65)19-33-45(39)59(75)49-47(55(33)71)53(69)31-9-7-11-37(79-5)43(31)57(49)73)63-23-29-13-15-30(16-14-29)24-64-36-18-42(82-26(2)52(36)68)84-40-22-62(78,28(4)66)20-34-46(40)60(76)50-48(56(34)72)54(70)32-10-8-12-38(80-6)44(32)58(50)74/h7-16,25-26,35-36,39-42,51-52,63-64,67-78H,17-24H2,1-6H3/t25-,26-,35-,36-,39-,40-,41-,42-,51+,52+,61-,62-/m0/s1. The van der Waals surface area contributed by atoms with E-state index in [9.17, 15) is 70.9 Å². The number of hydrogen-bond donors (Lipinski definition) is 14. The molecule has 2 fully saturated rings. The van der Waals surface area contributed by atoms with Gasteiger partial charge >= 0.3 is 0 Å². The van der Waals surface area contributed by atoms with Crippen LogP contribution in [-0.2, 0) is 54.5 Å². The van der Waals surface area contributed by atoms with Crippen molar-refractivity contribution in [2.24, 2.45) is 0 Å². The van der Waals surface area contributed by atoms with E-state index in [1.807, 2.05) is 24.3 Å². The van der Waals surface area contributed by atoms with Crippen molar-refractivity contribution in [3.63, 3.8) is 0 Å². The summed E-state index contributed by atoms with van der Waals surface area (Å²) < 4.78 is 36.1. The molecule has 0 bridgehead atoms. The summed E-state index contributed by atoms with van der Waals surface area (Å²) in [5.74, 6) is -5.14. The molecule has 4 aliphatic rings. The fourth-order valence-corrected chi connectivity index (χ4v) is 13.0. The van der Waals surface area contributed by atoms with E-state index >= 15 is 0 Å². The average Bonchev–Trinajstić information content (AvgIpc) is 1.13. The first-order valence-electron chi connectivity index (χ1n) is 27.7. The minimum Gasteiger partial charge on any atom is -0.507 e. The molecular weight excluding hydrogens is 1090 g/mol. The number of ketones is 2. The highest BCUT2D eigenvalue weighted by molar-refractivity contribution is 6.18. The molecule has 12 atom stereocenters. The zero-order valence-corrected chi connectivity index (χ0v) is 46.8. The molecule has 7 aromatic rings. The number of phenols is 8. The summed E-state index contributed by atoms with van der Waals surface area (Å²) in [7, 11) is 2.75. The van der Waals surface area contributed by atoms with E-state index in [2.05, 4.69) is 10.6 Å². The molecule has 0 unspecified atom stereocenters. The van der Waals surface area contributed by atoms with Crippen molar-refractivity contribution in [3.8, 4) is 57.5 Å². The monoisotopic (exact) mass is 1160 g/mol. The Morgan fingerprint density at radius 2 is 0.881 bits per heavy atom. The molecule has 7 aromatic carbocycles. The Bertz CT molecular complexity index is 3550. The van der Waals surface area contributed by atoms with Crippen LogP contribution in [0.4, 0.5) is 0 Å². The van der Waals surface area contributed by atoms with Crippen LogP contribution >= 0.6 is 0 Å². The zero-order valence-electron chi connectivity index (χ0n) is 46.8. The van der Waals surface area contributed by atoms with E-state index in [-0.39, 0.29) is 116 Å². The van der Waals surface area contributed by atoms with Crippen LogP contribution in [0.25, 0.3) is 43.1 Å². The Hall–Kier alpha value is -7.48. The number of aromatic hydroxyl groups is 8. The summed E-state index contributed by atoms with van der Waals surface area (Å²) in [5, 5.41) is 146. The van der Waals surface area contributed by atoms with Gasteiger partial charge in [0.05, 0.1) is 83.2 Å². The highest BCUT2D eigenvalue weighted by Gasteiger charge is 2.50. The molecule has 0 amide bonds. The van der Waals surface area contributed by atoms with Crippen molar-refractivity contribution >= 4 is 54.7 Å². The predicted octanol–water partition coefficient (Wildman–Crippen LogP) is 5.92. The number of hydrogen-bond acceptors (Lipinski definition) is 22. The molecule has 0 saturated carbocycles. The third-order valence-corrected chi connectivity index (χ3v) is 17.7. The molecule has 2 saturated heterocycles. The number of fused-ring (bicyclic) bond motifs is 6. The Morgan fingerprint density at radius 1 is 0.524 bits per heavy atom. The molecule has 0 spiro atoms. The van der Waals surface area contributed by atoms with Crippen LogP contribution in [0.1, 0.15) is 99.0 Å². The van der Waals surface area contributed by atoms with Gasteiger partial charge in [-0.25, -0.2) is 0 Å². The predicted molar refractivity (Wildman–Crippen MR) is 303 cm³/mol. The molecule has 446 valence electrons. The average molecular weight is 1160 g/mol. The topological polar surface area (TPSA) is 356 Å². The van der Waals surface area contributed by atoms with Gasteiger partial charge in [0.25, 0.3) is 0 Å². The van der Waals surface area contributed by atoms with Crippen LogP contribution in [0, 0.1) is 0 Å². The van der Waals surface area contributed by atoms with Crippen LogP contribution in [0.5, 0.6) is 57.5 Å². The van der Waals surface area contributed by atoms with Gasteiger partial charge in [0.1, 0.15) is 68.7 Å². The number of nitrogens with one attached hydrogen (secondary N) is 2. The third kappa shape index (κ3) is 9.63. The largest absolute Gasteiger partial charge is 0.507 e. The zero-order chi connectivity index (χ0) is 60.2. The first-order chi connectivity index (χ1) is 39.9. The van der Waals surface area contributed by atoms with Gasteiger partial charge < -0.3 is 100 Å². The van der Waals surface area contributed by atoms with E-state index in [4.69, 9.17) is 28.4 Å². The molecule has 2 aliphatic carbocycles. The molecule has 11 rings (SSSR count). The van der Waals surface area contributed by atoms with Gasteiger partial charge in [-0.2, -0.15) is 0 Å². The molecule has 22 heteroatoms. The second kappa shape index (κ2) is 21.9. The van der Waals surface area contributed by atoms with Crippen molar-refractivity contribution in [1.29, 1.82) is 0 Å². The smallest absolute Gasteiger partial charge is 0.161 e. The van der Waals surface area contributed by atoms with Gasteiger partial charge in [0.15, 0.2) is 24.1 Å². The minimum absolute atomic E-state index is 0.0285. The summed E-state index contributed by atoms with van der Waals surface area (Å²) in [4.78, 5) is 26.1. The molecule has 2 heterocycles. The number of carbonyl (C=O) groups is 2. The maximum atomic E-state index is 13.1. The van der Waals surface area contributed by atoms with Crippen LogP contribution in [0.2, 0.25) is 0 Å². The maximum absolute atomic E-state index is 13.1.